The molecule has 0 unspecified atom stereocenters. The summed E-state index contributed by atoms with van der Waals surface area (Å²) in [5.74, 6) is -0.0566. The second-order valence-corrected chi connectivity index (χ2v) is 5.51. The molecule has 0 N–H and O–H groups in total. The van der Waals surface area contributed by atoms with Gasteiger partial charge in [0.15, 0.2) is 0 Å². The lowest BCUT2D eigenvalue weighted by molar-refractivity contribution is -0.147. The third-order valence-electron chi connectivity index (χ3n) is 3.83. The van der Waals surface area contributed by atoms with Crippen LogP contribution in [-0.4, -0.2) is 12.6 Å². The zero-order chi connectivity index (χ0) is 14.1. The van der Waals surface area contributed by atoms with E-state index in [0.717, 1.165) is 0 Å². The molecule has 0 bridgehead atoms. The average molecular weight is 282 g/mol. The molecular weight excluding hydrogens is 260 g/mol. The maximum Gasteiger partial charge on any atom is 0.308 e. The standard InChI is InChI=1S/C18H18O2.CH4/c1-12(2)18(19)20-11-17-15-9-5-3-7-13(15)14-8-4-6-10-16(14)17;/h3-10,12,17H,11H2,1-2H3;1H4. The topological polar surface area (TPSA) is 26.3 Å². The van der Waals surface area contributed by atoms with Crippen molar-refractivity contribution in [1.29, 1.82) is 0 Å². The van der Waals surface area contributed by atoms with Gasteiger partial charge in [0.1, 0.15) is 6.61 Å². The number of esters is 1. The molecule has 2 aromatic carbocycles. The Morgan fingerprint density at radius 1 is 1.00 bits per heavy atom. The maximum absolute atomic E-state index is 11.7. The first kappa shape index (κ1) is 15.3. The monoisotopic (exact) mass is 282 g/mol. The molecule has 2 aromatic rings. The number of hydrogen-bond donors (Lipinski definition) is 0. The van der Waals surface area contributed by atoms with Crippen LogP contribution in [0.4, 0.5) is 0 Å². The SMILES string of the molecule is C.CC(C)C(=O)OCC1c2ccccc2-c2ccccc21. The Labute approximate surface area is 126 Å². The number of carbonyl (C=O) groups excluding carboxylic acids is 1. The summed E-state index contributed by atoms with van der Waals surface area (Å²) in [5, 5.41) is 0. The fraction of sp³-hybridized carbons (Fsp3) is 0.316. The Hall–Kier alpha value is -2.09. The van der Waals surface area contributed by atoms with Crippen molar-refractivity contribution < 1.29 is 9.53 Å². The highest BCUT2D eigenvalue weighted by molar-refractivity contribution is 5.79. The van der Waals surface area contributed by atoms with Crippen molar-refractivity contribution in [3.05, 3.63) is 59.7 Å². The van der Waals surface area contributed by atoms with Gasteiger partial charge in [-0.3, -0.25) is 4.79 Å². The first-order chi connectivity index (χ1) is 9.68. The van der Waals surface area contributed by atoms with Gasteiger partial charge in [0.2, 0.25) is 0 Å². The summed E-state index contributed by atoms with van der Waals surface area (Å²) in [5.41, 5.74) is 5.03. The zero-order valence-electron chi connectivity index (χ0n) is 11.8. The molecule has 0 radical (unpaired) electrons. The summed E-state index contributed by atoms with van der Waals surface area (Å²) in [6.45, 7) is 4.14. The second kappa shape index (κ2) is 6.13. The van der Waals surface area contributed by atoms with Crippen molar-refractivity contribution in [3.63, 3.8) is 0 Å². The van der Waals surface area contributed by atoms with Crippen molar-refractivity contribution >= 4 is 5.97 Å². The second-order valence-electron chi connectivity index (χ2n) is 5.51. The zero-order valence-corrected chi connectivity index (χ0v) is 11.8. The molecule has 3 rings (SSSR count). The van der Waals surface area contributed by atoms with Crippen molar-refractivity contribution in [2.24, 2.45) is 5.92 Å². The highest BCUT2D eigenvalue weighted by atomic mass is 16.5. The van der Waals surface area contributed by atoms with Gasteiger partial charge in [0.25, 0.3) is 0 Å². The minimum atomic E-state index is -0.133. The Balaban J connectivity index is 0.00000161. The van der Waals surface area contributed by atoms with Gasteiger partial charge in [-0.1, -0.05) is 69.8 Å². The van der Waals surface area contributed by atoms with E-state index < -0.39 is 0 Å². The number of rotatable bonds is 3. The van der Waals surface area contributed by atoms with E-state index in [0.29, 0.717) is 6.61 Å². The third-order valence-corrected chi connectivity index (χ3v) is 3.83. The molecule has 0 aliphatic heterocycles. The van der Waals surface area contributed by atoms with E-state index in [1.165, 1.54) is 22.3 Å². The van der Waals surface area contributed by atoms with Crippen LogP contribution in [0.1, 0.15) is 38.3 Å². The van der Waals surface area contributed by atoms with Crippen LogP contribution in [-0.2, 0) is 9.53 Å². The van der Waals surface area contributed by atoms with Crippen LogP contribution in [0.25, 0.3) is 11.1 Å². The van der Waals surface area contributed by atoms with Gasteiger partial charge in [-0.25, -0.2) is 0 Å². The number of benzene rings is 2. The van der Waals surface area contributed by atoms with Gasteiger partial charge in [-0.05, 0) is 22.3 Å². The molecule has 0 spiro atoms. The van der Waals surface area contributed by atoms with Gasteiger partial charge in [-0.2, -0.15) is 0 Å². The van der Waals surface area contributed by atoms with Gasteiger partial charge in [0.05, 0.1) is 5.92 Å². The van der Waals surface area contributed by atoms with Gasteiger partial charge in [0, 0.05) is 5.92 Å². The molecule has 0 heterocycles. The Bertz CT molecular complexity index is 598. The van der Waals surface area contributed by atoms with E-state index in [1.807, 2.05) is 26.0 Å². The van der Waals surface area contributed by atoms with E-state index in [1.54, 1.807) is 0 Å². The molecule has 0 saturated carbocycles. The van der Waals surface area contributed by atoms with Gasteiger partial charge < -0.3 is 4.74 Å². The van der Waals surface area contributed by atoms with Crippen molar-refractivity contribution in [1.82, 2.24) is 0 Å². The third kappa shape index (κ3) is 2.71. The van der Waals surface area contributed by atoms with Crippen LogP contribution in [0.2, 0.25) is 0 Å². The van der Waals surface area contributed by atoms with Crippen molar-refractivity contribution in [2.45, 2.75) is 27.2 Å². The van der Waals surface area contributed by atoms with Crippen molar-refractivity contribution in [3.8, 4) is 11.1 Å². The molecule has 2 nitrogen and oxygen atoms in total. The lowest BCUT2D eigenvalue weighted by Gasteiger charge is -2.15. The van der Waals surface area contributed by atoms with Crippen LogP contribution < -0.4 is 0 Å². The quantitative estimate of drug-likeness (QED) is 0.767. The van der Waals surface area contributed by atoms with Crippen molar-refractivity contribution in [2.75, 3.05) is 6.61 Å². The average Bonchev–Trinajstić information content (AvgIpc) is 2.79. The minimum Gasteiger partial charge on any atom is -0.464 e. The number of fused-ring (bicyclic) bond motifs is 3. The van der Waals surface area contributed by atoms with E-state index in [9.17, 15) is 4.79 Å². The molecule has 0 fully saturated rings. The van der Waals surface area contributed by atoms with E-state index in [4.69, 9.17) is 4.74 Å². The van der Waals surface area contributed by atoms with Crippen LogP contribution in [0.5, 0.6) is 0 Å². The number of hydrogen-bond acceptors (Lipinski definition) is 2. The lowest BCUT2D eigenvalue weighted by Crippen LogP contribution is -2.16. The highest BCUT2D eigenvalue weighted by Gasteiger charge is 2.29. The molecule has 0 amide bonds. The van der Waals surface area contributed by atoms with E-state index in [-0.39, 0.29) is 25.2 Å². The smallest absolute Gasteiger partial charge is 0.308 e. The summed E-state index contributed by atoms with van der Waals surface area (Å²) in [7, 11) is 0. The molecule has 0 atom stereocenters. The predicted molar refractivity (Wildman–Crippen MR) is 86.2 cm³/mol. The Morgan fingerprint density at radius 2 is 1.48 bits per heavy atom. The summed E-state index contributed by atoms with van der Waals surface area (Å²) in [4.78, 5) is 11.7. The first-order valence-corrected chi connectivity index (χ1v) is 7.03. The number of ether oxygens (including phenoxy) is 1. The molecule has 0 saturated heterocycles. The Morgan fingerprint density at radius 3 is 1.95 bits per heavy atom. The fourth-order valence-corrected chi connectivity index (χ4v) is 2.77. The largest absolute Gasteiger partial charge is 0.464 e. The predicted octanol–water partition coefficient (Wildman–Crippen LogP) is 4.63. The molecule has 2 heteroatoms. The molecule has 1 aliphatic rings. The molecule has 110 valence electrons. The summed E-state index contributed by atoms with van der Waals surface area (Å²) in [6, 6.07) is 16.7. The van der Waals surface area contributed by atoms with Crippen LogP contribution >= 0.6 is 0 Å². The summed E-state index contributed by atoms with van der Waals surface area (Å²) >= 11 is 0. The molecule has 0 aromatic heterocycles. The normalized spacial score (nSPS) is 12.5. The molecular formula is C19H22O2. The molecule has 21 heavy (non-hydrogen) atoms. The van der Waals surface area contributed by atoms with Crippen LogP contribution in [0.3, 0.4) is 0 Å². The maximum atomic E-state index is 11.7. The highest BCUT2D eigenvalue weighted by Crippen LogP contribution is 2.44. The van der Waals surface area contributed by atoms with Gasteiger partial charge in [-0.15, -0.1) is 0 Å². The summed E-state index contributed by atoms with van der Waals surface area (Å²) in [6.07, 6.45) is 0. The molecule has 1 aliphatic carbocycles. The summed E-state index contributed by atoms with van der Waals surface area (Å²) < 4.78 is 5.46. The Kier molecular flexibility index (Phi) is 4.46. The number of carbonyl (C=O) groups is 1. The minimum absolute atomic E-state index is 0. The van der Waals surface area contributed by atoms with Gasteiger partial charge >= 0.3 is 5.97 Å². The van der Waals surface area contributed by atoms with Crippen LogP contribution in [0.15, 0.2) is 48.5 Å². The first-order valence-electron chi connectivity index (χ1n) is 7.03. The van der Waals surface area contributed by atoms with Crippen LogP contribution in [0, 0.1) is 5.92 Å². The fourth-order valence-electron chi connectivity index (χ4n) is 2.77. The van der Waals surface area contributed by atoms with E-state index >= 15 is 0 Å². The lowest BCUT2D eigenvalue weighted by atomic mass is 9.98. The van der Waals surface area contributed by atoms with E-state index in [2.05, 4.69) is 36.4 Å².